The number of carbonyl (C=O) groups excluding carboxylic acids is 2. The number of esters is 1. The maximum Gasteiger partial charge on any atom is 0.343 e. The predicted molar refractivity (Wildman–Crippen MR) is 87.4 cm³/mol. The van der Waals surface area contributed by atoms with E-state index in [1.54, 1.807) is 32.2 Å². The number of aromatic nitrogens is 1. The van der Waals surface area contributed by atoms with Gasteiger partial charge in [0.25, 0.3) is 5.91 Å². The molecule has 2 aromatic heterocycles. The van der Waals surface area contributed by atoms with E-state index in [1.165, 1.54) is 11.5 Å². The average molecular weight is 339 g/mol. The highest BCUT2D eigenvalue weighted by atomic mass is 32.1. The summed E-state index contributed by atoms with van der Waals surface area (Å²) in [5.41, 5.74) is 0.968. The quantitative estimate of drug-likeness (QED) is 0.790. The van der Waals surface area contributed by atoms with Crippen molar-refractivity contribution >= 4 is 39.7 Å². The highest BCUT2D eigenvalue weighted by molar-refractivity contribution is 7.10. The van der Waals surface area contributed by atoms with Gasteiger partial charge in [0.2, 0.25) is 0 Å². The number of hydrogen-bond acceptors (Lipinski definition) is 7. The molecule has 0 unspecified atom stereocenters. The van der Waals surface area contributed by atoms with E-state index in [4.69, 9.17) is 4.74 Å². The van der Waals surface area contributed by atoms with Crippen LogP contribution in [0.15, 0.2) is 17.5 Å². The number of nitrogens with one attached hydrogen (secondary N) is 2. The first-order valence-electron chi connectivity index (χ1n) is 6.68. The summed E-state index contributed by atoms with van der Waals surface area (Å²) >= 11 is 2.75. The fourth-order valence-corrected chi connectivity index (χ4v) is 3.16. The van der Waals surface area contributed by atoms with Gasteiger partial charge in [0, 0.05) is 11.9 Å². The van der Waals surface area contributed by atoms with E-state index in [9.17, 15) is 9.59 Å². The molecule has 0 fully saturated rings. The van der Waals surface area contributed by atoms with Crippen molar-refractivity contribution in [1.29, 1.82) is 0 Å². The molecule has 0 saturated heterocycles. The number of hydrogen-bond donors (Lipinski definition) is 2. The van der Waals surface area contributed by atoms with E-state index < -0.39 is 12.1 Å². The molecule has 6 nitrogen and oxygen atoms in total. The van der Waals surface area contributed by atoms with Crippen LogP contribution in [0.3, 0.4) is 0 Å². The normalized spacial score (nSPS) is 11.8. The second kappa shape index (κ2) is 7.37. The topological polar surface area (TPSA) is 80.3 Å². The van der Waals surface area contributed by atoms with E-state index >= 15 is 0 Å². The summed E-state index contributed by atoms with van der Waals surface area (Å²) in [6.07, 6.45) is -0.864. The highest BCUT2D eigenvalue weighted by Crippen LogP contribution is 2.25. The van der Waals surface area contributed by atoms with Gasteiger partial charge in [0.05, 0.1) is 12.2 Å². The van der Waals surface area contributed by atoms with Crippen molar-refractivity contribution in [1.82, 2.24) is 9.69 Å². The third kappa shape index (κ3) is 3.83. The van der Waals surface area contributed by atoms with Crippen molar-refractivity contribution in [2.45, 2.75) is 26.5 Å². The second-order valence-corrected chi connectivity index (χ2v) is 6.37. The number of anilines is 1. The molecule has 8 heteroatoms. The van der Waals surface area contributed by atoms with Crippen molar-refractivity contribution in [3.63, 3.8) is 0 Å². The molecule has 0 aliphatic carbocycles. The smallest absolute Gasteiger partial charge is 0.343 e. The molecule has 0 bridgehead atoms. The minimum Gasteiger partial charge on any atom is -0.449 e. The number of carbonyl (C=O) groups is 2. The fraction of sp³-hybridized carbons (Fsp3) is 0.357. The molecule has 0 aromatic carbocycles. The molecular weight excluding hydrogens is 322 g/mol. The molecule has 2 aromatic rings. The largest absolute Gasteiger partial charge is 0.449 e. The summed E-state index contributed by atoms with van der Waals surface area (Å²) in [5, 5.41) is 8.22. The predicted octanol–water partition coefficient (Wildman–Crippen LogP) is 2.42. The van der Waals surface area contributed by atoms with Gasteiger partial charge in [-0.2, -0.15) is 4.37 Å². The van der Waals surface area contributed by atoms with Gasteiger partial charge in [-0.25, -0.2) is 4.79 Å². The van der Waals surface area contributed by atoms with Crippen LogP contribution >= 0.6 is 22.9 Å². The minimum absolute atomic E-state index is 0.325. The van der Waals surface area contributed by atoms with Gasteiger partial charge in [0.15, 0.2) is 6.10 Å². The SMILES string of the molecule is CNc1snc(C)c1C(=O)O[C@@H](C)C(=O)NCc1cccs1. The number of rotatable bonds is 6. The molecule has 0 aliphatic rings. The van der Waals surface area contributed by atoms with Crippen LogP contribution in [-0.4, -0.2) is 29.4 Å². The number of nitrogens with zero attached hydrogens (tertiary/aromatic N) is 1. The van der Waals surface area contributed by atoms with Gasteiger partial charge in [-0.05, 0) is 36.8 Å². The Hall–Kier alpha value is -1.93. The lowest BCUT2D eigenvalue weighted by atomic mass is 10.2. The van der Waals surface area contributed by atoms with Crippen LogP contribution in [0.4, 0.5) is 5.00 Å². The lowest BCUT2D eigenvalue weighted by molar-refractivity contribution is -0.129. The molecule has 2 N–H and O–H groups in total. The Morgan fingerprint density at radius 3 is 2.86 bits per heavy atom. The third-order valence-electron chi connectivity index (χ3n) is 2.96. The average Bonchev–Trinajstić information content (AvgIpc) is 3.13. The number of aryl methyl sites for hydroxylation is 1. The van der Waals surface area contributed by atoms with Crippen molar-refractivity contribution in [3.05, 3.63) is 33.6 Å². The Labute approximate surface area is 136 Å². The van der Waals surface area contributed by atoms with Crippen molar-refractivity contribution in [2.24, 2.45) is 0 Å². The molecule has 22 heavy (non-hydrogen) atoms. The lowest BCUT2D eigenvalue weighted by Gasteiger charge is -2.13. The van der Waals surface area contributed by atoms with Gasteiger partial charge < -0.3 is 15.4 Å². The number of ether oxygens (including phenoxy) is 1. The van der Waals surface area contributed by atoms with Crippen LogP contribution in [0.25, 0.3) is 0 Å². The maximum absolute atomic E-state index is 12.2. The lowest BCUT2D eigenvalue weighted by Crippen LogP contribution is -2.35. The number of amides is 1. The minimum atomic E-state index is -0.864. The van der Waals surface area contributed by atoms with Gasteiger partial charge in [-0.1, -0.05) is 6.07 Å². The molecule has 0 aliphatic heterocycles. The van der Waals surface area contributed by atoms with Gasteiger partial charge in [-0.15, -0.1) is 11.3 Å². The van der Waals surface area contributed by atoms with Crippen LogP contribution in [0.1, 0.15) is 27.9 Å². The Morgan fingerprint density at radius 1 is 1.45 bits per heavy atom. The first-order chi connectivity index (χ1) is 10.5. The first-order valence-corrected chi connectivity index (χ1v) is 8.33. The van der Waals surface area contributed by atoms with Crippen molar-refractivity contribution < 1.29 is 14.3 Å². The Balaban J connectivity index is 1.92. The Kier molecular flexibility index (Phi) is 5.51. The van der Waals surface area contributed by atoms with E-state index in [1.807, 2.05) is 17.5 Å². The third-order valence-corrected chi connectivity index (χ3v) is 4.80. The summed E-state index contributed by atoms with van der Waals surface area (Å²) in [5.74, 6) is -0.872. The zero-order valence-corrected chi connectivity index (χ0v) is 14.1. The van der Waals surface area contributed by atoms with Gasteiger partial charge in [0.1, 0.15) is 10.6 Å². The van der Waals surface area contributed by atoms with Crippen LogP contribution in [0.2, 0.25) is 0 Å². The summed E-state index contributed by atoms with van der Waals surface area (Å²) in [7, 11) is 1.71. The molecule has 0 radical (unpaired) electrons. The molecule has 118 valence electrons. The van der Waals surface area contributed by atoms with Gasteiger partial charge in [-0.3, -0.25) is 4.79 Å². The summed E-state index contributed by atoms with van der Waals surface area (Å²) in [4.78, 5) is 25.2. The molecule has 1 atom stereocenters. The second-order valence-electron chi connectivity index (χ2n) is 4.57. The molecule has 0 saturated carbocycles. The molecule has 2 rings (SSSR count). The van der Waals surface area contributed by atoms with Crippen molar-refractivity contribution in [2.75, 3.05) is 12.4 Å². The summed E-state index contributed by atoms with van der Waals surface area (Å²) in [6, 6.07) is 3.85. The highest BCUT2D eigenvalue weighted by Gasteiger charge is 2.24. The van der Waals surface area contributed by atoms with E-state index in [2.05, 4.69) is 15.0 Å². The summed E-state index contributed by atoms with van der Waals surface area (Å²) in [6.45, 7) is 3.71. The number of thiophene rings is 1. The van der Waals surface area contributed by atoms with Crippen LogP contribution in [0, 0.1) is 6.92 Å². The zero-order chi connectivity index (χ0) is 16.1. The van der Waals surface area contributed by atoms with Crippen LogP contribution in [0.5, 0.6) is 0 Å². The molecule has 2 heterocycles. The standard InChI is InChI=1S/C14H17N3O3S2/c1-8-11(13(15-3)22-17-8)14(19)20-9(2)12(18)16-7-10-5-4-6-21-10/h4-6,9,15H,7H2,1-3H3,(H,16,18)/t9-/m0/s1. The van der Waals surface area contributed by atoms with E-state index in [0.29, 0.717) is 22.8 Å². The zero-order valence-electron chi connectivity index (χ0n) is 12.5. The van der Waals surface area contributed by atoms with Crippen molar-refractivity contribution in [3.8, 4) is 0 Å². The Morgan fingerprint density at radius 2 is 2.23 bits per heavy atom. The summed E-state index contributed by atoms with van der Waals surface area (Å²) < 4.78 is 9.34. The molecule has 1 amide bonds. The fourth-order valence-electron chi connectivity index (χ4n) is 1.78. The monoisotopic (exact) mass is 339 g/mol. The van der Waals surface area contributed by atoms with Crippen LogP contribution < -0.4 is 10.6 Å². The van der Waals surface area contributed by atoms with Crippen LogP contribution in [-0.2, 0) is 16.1 Å². The van der Waals surface area contributed by atoms with E-state index in [0.717, 1.165) is 4.88 Å². The van der Waals surface area contributed by atoms with E-state index in [-0.39, 0.29) is 5.91 Å². The maximum atomic E-state index is 12.2. The Bertz CT molecular complexity index is 652. The molecular formula is C14H17N3O3S2. The first kappa shape index (κ1) is 16.4. The van der Waals surface area contributed by atoms with Gasteiger partial charge >= 0.3 is 5.97 Å². The molecule has 0 spiro atoms.